The molecule has 0 saturated carbocycles. The molecule has 1 atom stereocenters. The molecule has 0 aliphatic carbocycles. The standard InChI is InChI=1S/C15H21N3O4S/c1-12(19)18(10-13-3-2-6-16-9-13)7-4-15(20)17-14-5-8-23(21,22)11-14/h2-3,6,9,14H,4-5,7-8,10-11H2,1H3,(H,17,20). The van der Waals surface area contributed by atoms with Gasteiger partial charge in [-0.05, 0) is 18.1 Å². The van der Waals surface area contributed by atoms with Crippen molar-refractivity contribution in [2.45, 2.75) is 32.4 Å². The van der Waals surface area contributed by atoms with Crippen LogP contribution in [0, 0.1) is 0 Å². The quantitative estimate of drug-likeness (QED) is 0.794. The lowest BCUT2D eigenvalue weighted by Crippen LogP contribution is -2.38. The highest BCUT2D eigenvalue weighted by Crippen LogP contribution is 2.11. The zero-order chi connectivity index (χ0) is 16.9. The van der Waals surface area contributed by atoms with Crippen LogP contribution in [-0.2, 0) is 26.0 Å². The molecule has 0 bridgehead atoms. The number of pyridine rings is 1. The lowest BCUT2D eigenvalue weighted by atomic mass is 10.2. The van der Waals surface area contributed by atoms with E-state index in [1.165, 1.54) is 6.92 Å². The van der Waals surface area contributed by atoms with E-state index in [-0.39, 0.29) is 42.3 Å². The Hall–Kier alpha value is -1.96. The summed E-state index contributed by atoms with van der Waals surface area (Å²) in [5, 5.41) is 2.72. The first-order valence-electron chi connectivity index (χ1n) is 7.50. The molecule has 1 aliphatic heterocycles. The Labute approximate surface area is 136 Å². The highest BCUT2D eigenvalue weighted by molar-refractivity contribution is 7.91. The van der Waals surface area contributed by atoms with Gasteiger partial charge in [0, 0.05) is 44.9 Å². The fourth-order valence-corrected chi connectivity index (χ4v) is 4.18. The van der Waals surface area contributed by atoms with Gasteiger partial charge in [-0.2, -0.15) is 0 Å². The van der Waals surface area contributed by atoms with Crippen LogP contribution < -0.4 is 5.32 Å². The van der Waals surface area contributed by atoms with E-state index in [2.05, 4.69) is 10.3 Å². The summed E-state index contributed by atoms with van der Waals surface area (Å²) in [6.45, 7) is 2.14. The van der Waals surface area contributed by atoms with Crippen LogP contribution in [0.15, 0.2) is 24.5 Å². The number of aromatic nitrogens is 1. The number of nitrogens with one attached hydrogen (secondary N) is 1. The number of nitrogens with zero attached hydrogens (tertiary/aromatic N) is 2. The maximum Gasteiger partial charge on any atom is 0.222 e. The van der Waals surface area contributed by atoms with Crippen LogP contribution in [-0.4, -0.2) is 54.2 Å². The van der Waals surface area contributed by atoms with Crippen LogP contribution in [0.1, 0.15) is 25.3 Å². The lowest BCUT2D eigenvalue weighted by Gasteiger charge is -2.21. The summed E-state index contributed by atoms with van der Waals surface area (Å²) >= 11 is 0. The van der Waals surface area contributed by atoms with E-state index < -0.39 is 9.84 Å². The average Bonchev–Trinajstić information content (AvgIpc) is 2.83. The summed E-state index contributed by atoms with van der Waals surface area (Å²) < 4.78 is 22.7. The molecule has 2 rings (SSSR count). The van der Waals surface area contributed by atoms with E-state index in [9.17, 15) is 18.0 Å². The van der Waals surface area contributed by atoms with Crippen molar-refractivity contribution in [3.8, 4) is 0 Å². The molecule has 2 amide bonds. The second-order valence-electron chi connectivity index (χ2n) is 5.72. The molecule has 1 aromatic rings. The van der Waals surface area contributed by atoms with E-state index in [1.54, 1.807) is 23.4 Å². The first kappa shape index (κ1) is 17.4. The van der Waals surface area contributed by atoms with Crippen molar-refractivity contribution in [2.24, 2.45) is 0 Å². The third-order valence-corrected chi connectivity index (χ3v) is 5.52. The van der Waals surface area contributed by atoms with Crippen molar-refractivity contribution in [3.63, 3.8) is 0 Å². The van der Waals surface area contributed by atoms with Gasteiger partial charge in [0.05, 0.1) is 11.5 Å². The molecule has 1 N–H and O–H groups in total. The van der Waals surface area contributed by atoms with E-state index in [4.69, 9.17) is 0 Å². The number of hydrogen-bond donors (Lipinski definition) is 1. The maximum atomic E-state index is 11.9. The van der Waals surface area contributed by atoms with Gasteiger partial charge in [0.25, 0.3) is 0 Å². The van der Waals surface area contributed by atoms with Crippen LogP contribution in [0.3, 0.4) is 0 Å². The maximum absolute atomic E-state index is 11.9. The van der Waals surface area contributed by atoms with Gasteiger partial charge in [0.2, 0.25) is 11.8 Å². The first-order chi connectivity index (χ1) is 10.9. The van der Waals surface area contributed by atoms with Crippen LogP contribution in [0.2, 0.25) is 0 Å². The molecule has 1 aromatic heterocycles. The Kier molecular flexibility index (Phi) is 5.70. The number of hydrogen-bond acceptors (Lipinski definition) is 5. The van der Waals surface area contributed by atoms with Gasteiger partial charge in [-0.3, -0.25) is 14.6 Å². The molecule has 1 aliphatic rings. The predicted molar refractivity (Wildman–Crippen MR) is 85.1 cm³/mol. The second kappa shape index (κ2) is 7.54. The number of carbonyl (C=O) groups excluding carboxylic acids is 2. The third kappa shape index (κ3) is 5.63. The van der Waals surface area contributed by atoms with Crippen molar-refractivity contribution in [1.29, 1.82) is 0 Å². The van der Waals surface area contributed by atoms with Crippen LogP contribution in [0.25, 0.3) is 0 Å². The van der Waals surface area contributed by atoms with Gasteiger partial charge in [-0.15, -0.1) is 0 Å². The van der Waals surface area contributed by atoms with Crippen molar-refractivity contribution >= 4 is 21.7 Å². The molecule has 0 spiro atoms. The highest BCUT2D eigenvalue weighted by atomic mass is 32.2. The fourth-order valence-electron chi connectivity index (χ4n) is 2.51. The van der Waals surface area contributed by atoms with Crippen LogP contribution in [0.4, 0.5) is 0 Å². The summed E-state index contributed by atoms with van der Waals surface area (Å²) in [5.41, 5.74) is 0.894. The highest BCUT2D eigenvalue weighted by Gasteiger charge is 2.28. The van der Waals surface area contributed by atoms with Gasteiger partial charge in [-0.25, -0.2) is 8.42 Å². The molecule has 0 radical (unpaired) electrons. The van der Waals surface area contributed by atoms with Gasteiger partial charge in [0.1, 0.15) is 0 Å². The molecule has 126 valence electrons. The predicted octanol–water partition coefficient (Wildman–Crippen LogP) is 0.124. The zero-order valence-electron chi connectivity index (χ0n) is 13.1. The molecule has 2 heterocycles. The third-order valence-electron chi connectivity index (χ3n) is 3.75. The van der Waals surface area contributed by atoms with Crippen molar-refractivity contribution in [1.82, 2.24) is 15.2 Å². The second-order valence-corrected chi connectivity index (χ2v) is 7.95. The topological polar surface area (TPSA) is 96.4 Å². The summed E-state index contributed by atoms with van der Waals surface area (Å²) in [4.78, 5) is 29.2. The number of amides is 2. The Balaban J connectivity index is 1.82. The van der Waals surface area contributed by atoms with Crippen molar-refractivity contribution < 1.29 is 18.0 Å². The number of sulfone groups is 1. The van der Waals surface area contributed by atoms with Crippen molar-refractivity contribution in [2.75, 3.05) is 18.1 Å². The minimum atomic E-state index is -3.01. The molecule has 1 saturated heterocycles. The lowest BCUT2D eigenvalue weighted by molar-refractivity contribution is -0.130. The minimum Gasteiger partial charge on any atom is -0.352 e. The van der Waals surface area contributed by atoms with Gasteiger partial charge >= 0.3 is 0 Å². The number of rotatable bonds is 6. The first-order valence-corrected chi connectivity index (χ1v) is 9.32. The van der Waals surface area contributed by atoms with Crippen LogP contribution in [0.5, 0.6) is 0 Å². The molecular weight excluding hydrogens is 318 g/mol. The normalized spacial score (nSPS) is 19.3. The average molecular weight is 339 g/mol. The van der Waals surface area contributed by atoms with E-state index in [0.29, 0.717) is 13.0 Å². The summed E-state index contributed by atoms with van der Waals surface area (Å²) in [6, 6.07) is 3.35. The van der Waals surface area contributed by atoms with Gasteiger partial charge in [0.15, 0.2) is 9.84 Å². The molecule has 8 heteroatoms. The molecule has 7 nitrogen and oxygen atoms in total. The molecule has 23 heavy (non-hydrogen) atoms. The minimum absolute atomic E-state index is 0.00481. The smallest absolute Gasteiger partial charge is 0.222 e. The Bertz CT molecular complexity index is 661. The fraction of sp³-hybridized carbons (Fsp3) is 0.533. The summed E-state index contributed by atoms with van der Waals surface area (Å²) in [7, 11) is -3.01. The summed E-state index contributed by atoms with van der Waals surface area (Å²) in [5.74, 6) is -0.224. The van der Waals surface area contributed by atoms with Crippen LogP contribution >= 0.6 is 0 Å². The Morgan fingerprint density at radius 2 is 2.22 bits per heavy atom. The Morgan fingerprint density at radius 3 is 2.78 bits per heavy atom. The largest absolute Gasteiger partial charge is 0.352 e. The molecule has 0 aromatic carbocycles. The number of carbonyl (C=O) groups is 2. The van der Waals surface area contributed by atoms with E-state index >= 15 is 0 Å². The monoisotopic (exact) mass is 339 g/mol. The van der Waals surface area contributed by atoms with Gasteiger partial charge in [-0.1, -0.05) is 6.07 Å². The molecular formula is C15H21N3O4S. The van der Waals surface area contributed by atoms with Crippen molar-refractivity contribution in [3.05, 3.63) is 30.1 Å². The van der Waals surface area contributed by atoms with E-state index in [1.807, 2.05) is 6.07 Å². The molecule has 1 fully saturated rings. The summed E-state index contributed by atoms with van der Waals surface area (Å²) in [6.07, 6.45) is 3.95. The molecule has 1 unspecified atom stereocenters. The van der Waals surface area contributed by atoms with Gasteiger partial charge < -0.3 is 10.2 Å². The van der Waals surface area contributed by atoms with E-state index in [0.717, 1.165) is 5.56 Å². The Morgan fingerprint density at radius 1 is 1.43 bits per heavy atom. The zero-order valence-corrected chi connectivity index (χ0v) is 13.9. The SMILES string of the molecule is CC(=O)N(CCC(=O)NC1CCS(=O)(=O)C1)Cc1cccnc1.